The summed E-state index contributed by atoms with van der Waals surface area (Å²) in [5.74, 6) is -1.43. The molecule has 1 N–H and O–H groups in total. The third kappa shape index (κ3) is 3.94. The summed E-state index contributed by atoms with van der Waals surface area (Å²) in [6.07, 6.45) is 0. The van der Waals surface area contributed by atoms with Crippen LogP contribution in [-0.2, 0) is 19.2 Å². The molecule has 1 rings (SSSR count). The van der Waals surface area contributed by atoms with E-state index < -0.39 is 11.9 Å². The van der Waals surface area contributed by atoms with Crippen molar-refractivity contribution in [1.82, 2.24) is 20.0 Å². The van der Waals surface area contributed by atoms with Crippen LogP contribution in [0.4, 0.5) is 0 Å². The maximum atomic E-state index is 12.0. The van der Waals surface area contributed by atoms with Crippen LogP contribution in [0.3, 0.4) is 0 Å². The Labute approximate surface area is 117 Å². The molecule has 0 bridgehead atoms. The number of nitrogens with zero attached hydrogens (tertiary/aromatic N) is 3. The van der Waals surface area contributed by atoms with Crippen molar-refractivity contribution in [2.75, 3.05) is 40.8 Å². The van der Waals surface area contributed by atoms with Gasteiger partial charge in [0.15, 0.2) is 0 Å². The van der Waals surface area contributed by atoms with Gasteiger partial charge < -0.3 is 20.0 Å². The number of rotatable bonds is 0. The van der Waals surface area contributed by atoms with Crippen molar-refractivity contribution < 1.29 is 19.2 Å². The van der Waals surface area contributed by atoms with Gasteiger partial charge in [0.05, 0.1) is 19.6 Å². The summed E-state index contributed by atoms with van der Waals surface area (Å²) in [4.78, 5) is 51.1. The molecule has 4 amide bonds. The summed E-state index contributed by atoms with van der Waals surface area (Å²) in [5, 5.41) is 2.51. The summed E-state index contributed by atoms with van der Waals surface area (Å²) in [6.45, 7) is 1.13. The van der Waals surface area contributed by atoms with E-state index in [9.17, 15) is 19.2 Å². The number of nitrogens with one attached hydrogen (secondary N) is 1. The molecule has 1 fully saturated rings. The number of carbonyl (C=O) groups is 4. The minimum Gasteiger partial charge on any atom is -0.343 e. The fraction of sp³-hybridized carbons (Fsp3) is 0.667. The predicted molar refractivity (Wildman–Crippen MR) is 70.5 cm³/mol. The molecular formula is C12H20N4O4. The van der Waals surface area contributed by atoms with Gasteiger partial charge in [-0.1, -0.05) is 0 Å². The Bertz CT molecular complexity index is 437. The van der Waals surface area contributed by atoms with E-state index in [1.54, 1.807) is 6.92 Å². The van der Waals surface area contributed by atoms with Gasteiger partial charge in [-0.25, -0.2) is 0 Å². The smallest absolute Gasteiger partial charge is 0.245 e. The van der Waals surface area contributed by atoms with E-state index in [-0.39, 0.29) is 37.4 Å². The summed E-state index contributed by atoms with van der Waals surface area (Å²) in [5.41, 5.74) is 0. The van der Waals surface area contributed by atoms with Gasteiger partial charge in [-0.3, -0.25) is 19.2 Å². The summed E-state index contributed by atoms with van der Waals surface area (Å²) >= 11 is 0. The van der Waals surface area contributed by atoms with Crippen LogP contribution in [0.15, 0.2) is 0 Å². The molecule has 1 unspecified atom stereocenters. The summed E-state index contributed by atoms with van der Waals surface area (Å²) < 4.78 is 0. The number of hydrogen-bond donors (Lipinski definition) is 1. The molecule has 0 aromatic heterocycles. The normalized spacial score (nSPS) is 23.4. The van der Waals surface area contributed by atoms with Crippen LogP contribution in [0.1, 0.15) is 6.92 Å². The topological polar surface area (TPSA) is 90.0 Å². The standard InChI is InChI=1S/C12H20N4O4/c1-8-12(20)16(4)7-11(19)15(3)6-10(18)14(2)5-9(17)13-8/h8H,5-7H2,1-4H3,(H,13,17). The first-order valence-corrected chi connectivity index (χ1v) is 6.24. The molecule has 112 valence electrons. The van der Waals surface area contributed by atoms with Crippen molar-refractivity contribution in [3.63, 3.8) is 0 Å². The van der Waals surface area contributed by atoms with E-state index in [1.165, 1.54) is 35.8 Å². The van der Waals surface area contributed by atoms with Gasteiger partial charge in [0.1, 0.15) is 6.04 Å². The van der Waals surface area contributed by atoms with Gasteiger partial charge in [-0.15, -0.1) is 0 Å². The molecule has 0 aromatic carbocycles. The largest absolute Gasteiger partial charge is 0.343 e. The molecule has 1 aliphatic heterocycles. The van der Waals surface area contributed by atoms with Crippen LogP contribution in [0.25, 0.3) is 0 Å². The molecule has 1 aliphatic rings. The van der Waals surface area contributed by atoms with Crippen molar-refractivity contribution >= 4 is 23.6 Å². The lowest BCUT2D eigenvalue weighted by molar-refractivity contribution is -0.145. The van der Waals surface area contributed by atoms with Crippen molar-refractivity contribution in [1.29, 1.82) is 0 Å². The lowest BCUT2D eigenvalue weighted by atomic mass is 10.2. The number of hydrogen-bond acceptors (Lipinski definition) is 4. The maximum Gasteiger partial charge on any atom is 0.245 e. The second-order valence-corrected chi connectivity index (χ2v) is 4.98. The second-order valence-electron chi connectivity index (χ2n) is 4.98. The minimum atomic E-state index is -0.742. The molecule has 1 heterocycles. The quantitative estimate of drug-likeness (QED) is 0.551. The molecule has 1 saturated heterocycles. The monoisotopic (exact) mass is 284 g/mol. The third-order valence-electron chi connectivity index (χ3n) is 3.10. The molecule has 0 saturated carbocycles. The first kappa shape index (κ1) is 15.9. The van der Waals surface area contributed by atoms with Crippen molar-refractivity contribution in [3.8, 4) is 0 Å². The Kier molecular flexibility index (Phi) is 5.06. The molecular weight excluding hydrogens is 264 g/mol. The fourth-order valence-electron chi connectivity index (χ4n) is 1.80. The second kappa shape index (κ2) is 6.36. The van der Waals surface area contributed by atoms with E-state index >= 15 is 0 Å². The number of carbonyl (C=O) groups excluding carboxylic acids is 4. The van der Waals surface area contributed by atoms with Gasteiger partial charge in [0, 0.05) is 21.1 Å². The lowest BCUT2D eigenvalue weighted by Gasteiger charge is -2.27. The molecule has 0 radical (unpaired) electrons. The van der Waals surface area contributed by atoms with Crippen LogP contribution in [0, 0.1) is 0 Å². The Balaban J connectivity index is 2.93. The average Bonchev–Trinajstić information content (AvgIpc) is 2.35. The fourth-order valence-corrected chi connectivity index (χ4v) is 1.80. The third-order valence-corrected chi connectivity index (χ3v) is 3.10. The zero-order chi connectivity index (χ0) is 15.4. The minimum absolute atomic E-state index is 0.125. The maximum absolute atomic E-state index is 12.0. The van der Waals surface area contributed by atoms with Crippen LogP contribution in [0.5, 0.6) is 0 Å². The van der Waals surface area contributed by atoms with Gasteiger partial charge in [0.2, 0.25) is 23.6 Å². The van der Waals surface area contributed by atoms with Crippen molar-refractivity contribution in [2.24, 2.45) is 0 Å². The zero-order valence-corrected chi connectivity index (χ0v) is 12.2. The SMILES string of the molecule is CC1NC(=O)CN(C)C(=O)CN(C)C(=O)CN(C)C1=O. The highest BCUT2D eigenvalue weighted by Gasteiger charge is 2.25. The van der Waals surface area contributed by atoms with Crippen molar-refractivity contribution in [3.05, 3.63) is 0 Å². The predicted octanol–water partition coefficient (Wildman–Crippen LogP) is -2.12. The number of likely N-dealkylation sites (N-methyl/N-ethyl adjacent to an activating group) is 3. The molecule has 0 spiro atoms. The Morgan fingerprint density at radius 3 is 1.85 bits per heavy atom. The molecule has 0 aromatic rings. The van der Waals surface area contributed by atoms with Gasteiger partial charge in [-0.2, -0.15) is 0 Å². The summed E-state index contributed by atoms with van der Waals surface area (Å²) in [7, 11) is 4.45. The highest BCUT2D eigenvalue weighted by Crippen LogP contribution is 1.98. The molecule has 0 aliphatic carbocycles. The van der Waals surface area contributed by atoms with Crippen LogP contribution < -0.4 is 5.32 Å². The van der Waals surface area contributed by atoms with Crippen LogP contribution >= 0.6 is 0 Å². The molecule has 1 atom stereocenters. The Hall–Kier alpha value is -2.12. The first-order valence-electron chi connectivity index (χ1n) is 6.24. The summed E-state index contributed by atoms with van der Waals surface area (Å²) in [6, 6.07) is -0.742. The van der Waals surface area contributed by atoms with Gasteiger partial charge in [0.25, 0.3) is 0 Å². The van der Waals surface area contributed by atoms with E-state index in [1.807, 2.05) is 0 Å². The molecule has 8 nitrogen and oxygen atoms in total. The van der Waals surface area contributed by atoms with Gasteiger partial charge >= 0.3 is 0 Å². The van der Waals surface area contributed by atoms with Crippen LogP contribution in [0.2, 0.25) is 0 Å². The first-order chi connectivity index (χ1) is 9.22. The highest BCUT2D eigenvalue weighted by atomic mass is 16.2. The van der Waals surface area contributed by atoms with Crippen molar-refractivity contribution in [2.45, 2.75) is 13.0 Å². The van der Waals surface area contributed by atoms with E-state index in [0.717, 1.165) is 0 Å². The molecule has 8 heteroatoms. The van der Waals surface area contributed by atoms with E-state index in [0.29, 0.717) is 0 Å². The number of amides is 4. The Morgan fingerprint density at radius 1 is 0.850 bits per heavy atom. The zero-order valence-electron chi connectivity index (χ0n) is 12.2. The average molecular weight is 284 g/mol. The molecule has 20 heavy (non-hydrogen) atoms. The van der Waals surface area contributed by atoms with Gasteiger partial charge in [-0.05, 0) is 6.92 Å². The Morgan fingerprint density at radius 2 is 1.30 bits per heavy atom. The van der Waals surface area contributed by atoms with E-state index in [4.69, 9.17) is 0 Å². The lowest BCUT2D eigenvalue weighted by Crippen LogP contribution is -2.53. The van der Waals surface area contributed by atoms with Crippen LogP contribution in [-0.4, -0.2) is 85.1 Å². The highest BCUT2D eigenvalue weighted by molar-refractivity contribution is 5.93. The van der Waals surface area contributed by atoms with E-state index in [2.05, 4.69) is 5.32 Å².